The zero-order valence-electron chi connectivity index (χ0n) is 12.5. The minimum Gasteiger partial charge on any atom is -0.319 e. The van der Waals surface area contributed by atoms with Crippen LogP contribution >= 0.6 is 0 Å². The van der Waals surface area contributed by atoms with E-state index >= 15 is 0 Å². The fourth-order valence-corrected chi connectivity index (χ4v) is 3.57. The van der Waals surface area contributed by atoms with Gasteiger partial charge in [-0.15, -0.1) is 0 Å². The molecule has 1 aromatic carbocycles. The minimum absolute atomic E-state index is 0.118. The van der Waals surface area contributed by atoms with Crippen molar-refractivity contribution >= 4 is 11.8 Å². The molecule has 1 N–H and O–H groups in total. The number of hydrogen-bond acceptors (Lipinski definition) is 3. The molecule has 112 valence electrons. The third-order valence-electron chi connectivity index (χ3n) is 4.78. The summed E-state index contributed by atoms with van der Waals surface area (Å²) in [7, 11) is 1.99. The van der Waals surface area contributed by atoms with E-state index < -0.39 is 0 Å². The van der Waals surface area contributed by atoms with Crippen LogP contribution < -0.4 is 5.32 Å². The second kappa shape index (κ2) is 5.98. The van der Waals surface area contributed by atoms with Crippen molar-refractivity contribution in [2.75, 3.05) is 20.1 Å². The van der Waals surface area contributed by atoms with E-state index in [1.165, 1.54) is 17.7 Å². The van der Waals surface area contributed by atoms with E-state index in [-0.39, 0.29) is 11.8 Å². The average Bonchev–Trinajstić information content (AvgIpc) is 2.75. The number of benzene rings is 1. The first-order chi connectivity index (χ1) is 10.2. The van der Waals surface area contributed by atoms with Gasteiger partial charge in [-0.3, -0.25) is 14.5 Å². The Bertz CT molecular complexity index is 512. The Balaban J connectivity index is 1.63. The van der Waals surface area contributed by atoms with E-state index in [4.69, 9.17) is 0 Å². The van der Waals surface area contributed by atoms with Crippen LogP contribution in [0.15, 0.2) is 24.3 Å². The van der Waals surface area contributed by atoms with Crippen LogP contribution in [0.1, 0.15) is 46.4 Å². The number of nitrogens with one attached hydrogen (secondary N) is 1. The smallest absolute Gasteiger partial charge is 0.261 e. The molecule has 21 heavy (non-hydrogen) atoms. The van der Waals surface area contributed by atoms with Gasteiger partial charge in [0.2, 0.25) is 0 Å². The number of carbonyl (C=O) groups excluding carboxylic acids is 2. The fourth-order valence-electron chi connectivity index (χ4n) is 3.57. The Hall–Kier alpha value is -1.68. The van der Waals surface area contributed by atoms with Crippen LogP contribution in [0.5, 0.6) is 0 Å². The highest BCUT2D eigenvalue weighted by molar-refractivity contribution is 6.21. The molecule has 0 saturated heterocycles. The lowest BCUT2D eigenvalue weighted by atomic mass is 9.81. The minimum atomic E-state index is -0.118. The molecule has 2 aliphatic rings. The van der Waals surface area contributed by atoms with Crippen molar-refractivity contribution in [3.05, 3.63) is 35.4 Å². The molecule has 4 heteroatoms. The molecule has 1 saturated carbocycles. The van der Waals surface area contributed by atoms with Crippen LogP contribution in [0.4, 0.5) is 0 Å². The quantitative estimate of drug-likeness (QED) is 0.864. The van der Waals surface area contributed by atoms with Gasteiger partial charge in [-0.2, -0.15) is 0 Å². The van der Waals surface area contributed by atoms with Crippen LogP contribution in [-0.4, -0.2) is 36.9 Å². The van der Waals surface area contributed by atoms with Crippen molar-refractivity contribution in [3.63, 3.8) is 0 Å². The van der Waals surface area contributed by atoms with E-state index in [2.05, 4.69) is 5.32 Å². The highest BCUT2D eigenvalue weighted by atomic mass is 16.2. The molecule has 1 aromatic rings. The highest BCUT2D eigenvalue weighted by Crippen LogP contribution is 2.31. The van der Waals surface area contributed by atoms with E-state index in [1.807, 2.05) is 19.2 Å². The van der Waals surface area contributed by atoms with Crippen LogP contribution in [0.3, 0.4) is 0 Å². The summed E-state index contributed by atoms with van der Waals surface area (Å²) in [5.74, 6) is 0.967. The zero-order chi connectivity index (χ0) is 14.8. The first-order valence-corrected chi connectivity index (χ1v) is 7.80. The molecule has 1 aliphatic carbocycles. The van der Waals surface area contributed by atoms with E-state index in [1.54, 1.807) is 12.1 Å². The van der Waals surface area contributed by atoms with Gasteiger partial charge in [-0.1, -0.05) is 12.1 Å². The van der Waals surface area contributed by atoms with Crippen LogP contribution in [0.25, 0.3) is 0 Å². The molecule has 0 bridgehead atoms. The molecular formula is C17H22N2O2. The summed E-state index contributed by atoms with van der Waals surface area (Å²) in [4.78, 5) is 26.1. The van der Waals surface area contributed by atoms with Gasteiger partial charge in [0.05, 0.1) is 11.1 Å². The Kier molecular flexibility index (Phi) is 4.06. The number of fused-ring (bicyclic) bond motifs is 1. The molecule has 0 aromatic heterocycles. The summed E-state index contributed by atoms with van der Waals surface area (Å²) < 4.78 is 0. The van der Waals surface area contributed by atoms with Crippen molar-refractivity contribution in [2.45, 2.75) is 25.7 Å². The number of imide groups is 1. The average molecular weight is 286 g/mol. The number of amides is 2. The van der Waals surface area contributed by atoms with E-state index in [9.17, 15) is 9.59 Å². The third-order valence-corrected chi connectivity index (χ3v) is 4.78. The van der Waals surface area contributed by atoms with E-state index in [0.29, 0.717) is 23.6 Å². The second-order valence-corrected chi connectivity index (χ2v) is 6.21. The molecule has 3 rings (SSSR count). The zero-order valence-corrected chi connectivity index (χ0v) is 12.5. The Labute approximate surface area is 125 Å². The Morgan fingerprint density at radius 2 is 1.52 bits per heavy atom. The Morgan fingerprint density at radius 3 is 2.05 bits per heavy atom. The molecule has 2 amide bonds. The summed E-state index contributed by atoms with van der Waals surface area (Å²) in [6.45, 7) is 1.65. The van der Waals surface area contributed by atoms with E-state index in [0.717, 1.165) is 25.3 Å². The molecule has 1 heterocycles. The number of nitrogens with zero attached hydrogens (tertiary/aromatic N) is 1. The summed E-state index contributed by atoms with van der Waals surface area (Å²) >= 11 is 0. The summed E-state index contributed by atoms with van der Waals surface area (Å²) in [6, 6.07) is 7.13. The van der Waals surface area contributed by atoms with Crippen molar-refractivity contribution in [1.29, 1.82) is 0 Å². The van der Waals surface area contributed by atoms with Gasteiger partial charge in [-0.25, -0.2) is 0 Å². The molecule has 0 atom stereocenters. The molecule has 4 nitrogen and oxygen atoms in total. The van der Waals surface area contributed by atoms with Gasteiger partial charge in [0.1, 0.15) is 0 Å². The van der Waals surface area contributed by atoms with Crippen molar-refractivity contribution in [2.24, 2.45) is 11.8 Å². The topological polar surface area (TPSA) is 49.4 Å². The van der Waals surface area contributed by atoms with Gasteiger partial charge in [0.25, 0.3) is 11.8 Å². The predicted octanol–water partition coefficient (Wildman–Crippen LogP) is 2.31. The summed E-state index contributed by atoms with van der Waals surface area (Å²) in [5, 5.41) is 3.23. The van der Waals surface area contributed by atoms with Crippen LogP contribution in [0, 0.1) is 11.8 Å². The molecular weight excluding hydrogens is 264 g/mol. The monoisotopic (exact) mass is 286 g/mol. The second-order valence-electron chi connectivity index (χ2n) is 6.21. The maximum absolute atomic E-state index is 12.3. The van der Waals surface area contributed by atoms with Crippen LogP contribution in [0.2, 0.25) is 0 Å². The van der Waals surface area contributed by atoms with Crippen molar-refractivity contribution in [1.82, 2.24) is 10.2 Å². The SMILES string of the molecule is CNCC1CCC(CN2C(=O)c3ccccc3C2=O)CC1. The summed E-state index contributed by atoms with van der Waals surface area (Å²) in [6.07, 6.45) is 4.60. The Morgan fingerprint density at radius 1 is 1.00 bits per heavy atom. The van der Waals surface area contributed by atoms with Gasteiger partial charge in [0.15, 0.2) is 0 Å². The van der Waals surface area contributed by atoms with Gasteiger partial charge >= 0.3 is 0 Å². The molecule has 1 fully saturated rings. The molecule has 1 aliphatic heterocycles. The largest absolute Gasteiger partial charge is 0.319 e. The van der Waals surface area contributed by atoms with Gasteiger partial charge < -0.3 is 5.32 Å². The maximum atomic E-state index is 12.3. The third kappa shape index (κ3) is 2.72. The number of carbonyl (C=O) groups is 2. The first kappa shape index (κ1) is 14.3. The number of rotatable bonds is 4. The molecule has 0 radical (unpaired) electrons. The van der Waals surface area contributed by atoms with Gasteiger partial charge in [0, 0.05) is 6.54 Å². The summed E-state index contributed by atoms with van der Waals surface area (Å²) in [5.41, 5.74) is 1.12. The highest BCUT2D eigenvalue weighted by Gasteiger charge is 2.36. The lowest BCUT2D eigenvalue weighted by Gasteiger charge is -2.30. The first-order valence-electron chi connectivity index (χ1n) is 7.80. The lowest BCUT2D eigenvalue weighted by Crippen LogP contribution is -2.36. The van der Waals surface area contributed by atoms with Gasteiger partial charge in [-0.05, 0) is 63.2 Å². The predicted molar refractivity (Wildman–Crippen MR) is 81.2 cm³/mol. The van der Waals surface area contributed by atoms with Crippen LogP contribution in [-0.2, 0) is 0 Å². The van der Waals surface area contributed by atoms with Crippen molar-refractivity contribution < 1.29 is 9.59 Å². The molecule has 0 unspecified atom stereocenters. The standard InChI is InChI=1S/C17H22N2O2/c1-18-10-12-6-8-13(9-7-12)11-19-16(20)14-4-2-3-5-15(14)17(19)21/h2-5,12-13,18H,6-11H2,1H3. The number of hydrogen-bond donors (Lipinski definition) is 1. The maximum Gasteiger partial charge on any atom is 0.261 e. The molecule has 0 spiro atoms. The normalized spacial score (nSPS) is 25.3. The lowest BCUT2D eigenvalue weighted by molar-refractivity contribution is 0.0610. The van der Waals surface area contributed by atoms with Crippen molar-refractivity contribution in [3.8, 4) is 0 Å². The fraction of sp³-hybridized carbons (Fsp3) is 0.529.